The fraction of sp³-hybridized carbons (Fsp3) is 0.316. The summed E-state index contributed by atoms with van der Waals surface area (Å²) >= 11 is 12.0. The third-order valence-corrected chi connectivity index (χ3v) is 6.98. The minimum absolute atomic E-state index is 0.0266. The van der Waals surface area contributed by atoms with Crippen LogP contribution in [0.3, 0.4) is 0 Å². The van der Waals surface area contributed by atoms with Gasteiger partial charge < -0.3 is 10.1 Å². The molecule has 6 nitrogen and oxygen atoms in total. The summed E-state index contributed by atoms with van der Waals surface area (Å²) in [6.07, 6.45) is -0.258. The van der Waals surface area contributed by atoms with Crippen LogP contribution in [0.5, 0.6) is 0 Å². The van der Waals surface area contributed by atoms with Crippen LogP contribution in [0.15, 0.2) is 53.4 Å². The third-order valence-electron chi connectivity index (χ3n) is 4.38. The molecule has 0 aromatic heterocycles. The van der Waals surface area contributed by atoms with Gasteiger partial charge in [-0.1, -0.05) is 47.5 Å². The van der Waals surface area contributed by atoms with E-state index in [0.29, 0.717) is 18.0 Å². The number of morpholine rings is 1. The maximum Gasteiger partial charge on any atom is 0.250 e. The molecule has 1 fully saturated rings. The predicted molar refractivity (Wildman–Crippen MR) is 108 cm³/mol. The van der Waals surface area contributed by atoms with Gasteiger partial charge in [0.15, 0.2) is 0 Å². The topological polar surface area (TPSA) is 75.7 Å². The highest BCUT2D eigenvalue weighted by Crippen LogP contribution is 2.25. The Balaban J connectivity index is 1.59. The molecular weight excluding hydrogens is 423 g/mol. The fourth-order valence-electron chi connectivity index (χ4n) is 2.93. The van der Waals surface area contributed by atoms with E-state index in [-0.39, 0.29) is 35.5 Å². The molecule has 1 atom stereocenters. The highest BCUT2D eigenvalue weighted by atomic mass is 35.5. The lowest BCUT2D eigenvalue weighted by atomic mass is 10.1. The molecule has 1 unspecified atom stereocenters. The molecule has 2 aromatic rings. The molecule has 2 aromatic carbocycles. The molecule has 1 aliphatic rings. The van der Waals surface area contributed by atoms with Gasteiger partial charge in [-0.05, 0) is 36.2 Å². The predicted octanol–water partition coefficient (Wildman–Crippen LogP) is 2.74. The van der Waals surface area contributed by atoms with E-state index in [0.717, 1.165) is 5.56 Å². The van der Waals surface area contributed by atoms with Gasteiger partial charge in [-0.3, -0.25) is 4.79 Å². The number of nitrogens with one attached hydrogen (secondary N) is 1. The van der Waals surface area contributed by atoms with Gasteiger partial charge in [0.05, 0.1) is 11.6 Å². The Labute approximate surface area is 174 Å². The Morgan fingerprint density at radius 1 is 1.18 bits per heavy atom. The second-order valence-electron chi connectivity index (χ2n) is 6.32. The Morgan fingerprint density at radius 2 is 1.96 bits per heavy atom. The summed E-state index contributed by atoms with van der Waals surface area (Å²) in [6, 6.07) is 13.6. The lowest BCUT2D eigenvalue weighted by Crippen LogP contribution is -2.51. The van der Waals surface area contributed by atoms with Crippen molar-refractivity contribution in [1.29, 1.82) is 0 Å². The molecule has 1 heterocycles. The van der Waals surface area contributed by atoms with Crippen LogP contribution in [0.1, 0.15) is 5.56 Å². The van der Waals surface area contributed by atoms with Crippen molar-refractivity contribution in [2.45, 2.75) is 17.4 Å². The van der Waals surface area contributed by atoms with Crippen LogP contribution < -0.4 is 5.32 Å². The van der Waals surface area contributed by atoms with Gasteiger partial charge in [0.2, 0.25) is 10.0 Å². The minimum atomic E-state index is -3.80. The lowest BCUT2D eigenvalue weighted by Gasteiger charge is -2.31. The van der Waals surface area contributed by atoms with Crippen LogP contribution in [0.2, 0.25) is 10.0 Å². The number of benzene rings is 2. The standard InChI is InChI=1S/C19H20Cl2N2O4S/c20-15-5-3-4-14(12-15)8-9-22-19(24)17-13-23(10-11-27-17)28(25,26)18-7-2-1-6-16(18)21/h1-7,12,17H,8-11,13H2,(H,22,24). The molecule has 0 radical (unpaired) electrons. The Morgan fingerprint density at radius 3 is 2.71 bits per heavy atom. The average molecular weight is 443 g/mol. The smallest absolute Gasteiger partial charge is 0.250 e. The van der Waals surface area contributed by atoms with Crippen molar-refractivity contribution in [2.24, 2.45) is 0 Å². The van der Waals surface area contributed by atoms with Crippen LogP contribution in [0.25, 0.3) is 0 Å². The number of carbonyl (C=O) groups excluding carboxylic acids is 1. The molecule has 0 aliphatic carbocycles. The van der Waals surface area contributed by atoms with E-state index < -0.39 is 16.1 Å². The monoisotopic (exact) mass is 442 g/mol. The number of hydrogen-bond acceptors (Lipinski definition) is 4. The Hall–Kier alpha value is -1.64. The van der Waals surface area contributed by atoms with E-state index >= 15 is 0 Å². The van der Waals surface area contributed by atoms with E-state index in [1.54, 1.807) is 18.2 Å². The molecule has 3 rings (SSSR count). The summed E-state index contributed by atoms with van der Waals surface area (Å²) in [7, 11) is -3.80. The molecule has 150 valence electrons. The zero-order chi connectivity index (χ0) is 20.1. The van der Waals surface area contributed by atoms with E-state index in [1.165, 1.54) is 16.4 Å². The molecular formula is C19H20Cl2N2O4S. The Bertz CT molecular complexity index is 952. The Kier molecular flexibility index (Phi) is 6.95. The van der Waals surface area contributed by atoms with Crippen molar-refractivity contribution in [3.63, 3.8) is 0 Å². The van der Waals surface area contributed by atoms with E-state index in [4.69, 9.17) is 27.9 Å². The molecule has 1 amide bonds. The molecule has 1 N–H and O–H groups in total. The number of halogens is 2. The largest absolute Gasteiger partial charge is 0.366 e. The van der Waals surface area contributed by atoms with Crippen LogP contribution in [-0.4, -0.2) is 51.0 Å². The van der Waals surface area contributed by atoms with Gasteiger partial charge in [0.25, 0.3) is 5.91 Å². The number of nitrogens with zero attached hydrogens (tertiary/aromatic N) is 1. The summed E-state index contributed by atoms with van der Waals surface area (Å²) in [5, 5.41) is 3.58. The number of hydrogen-bond donors (Lipinski definition) is 1. The maximum absolute atomic E-state index is 12.8. The summed E-state index contributed by atoms with van der Waals surface area (Å²) in [5.74, 6) is -0.346. The van der Waals surface area contributed by atoms with Crippen LogP contribution in [0.4, 0.5) is 0 Å². The van der Waals surface area contributed by atoms with E-state index in [1.807, 2.05) is 18.2 Å². The normalized spacial score (nSPS) is 18.0. The van der Waals surface area contributed by atoms with Gasteiger partial charge in [0.1, 0.15) is 11.0 Å². The van der Waals surface area contributed by atoms with Crippen molar-refractivity contribution in [1.82, 2.24) is 9.62 Å². The first-order chi connectivity index (χ1) is 13.4. The zero-order valence-electron chi connectivity index (χ0n) is 15.0. The zero-order valence-corrected chi connectivity index (χ0v) is 17.3. The number of rotatable bonds is 6. The first-order valence-electron chi connectivity index (χ1n) is 8.76. The summed E-state index contributed by atoms with van der Waals surface area (Å²) < 4.78 is 32.4. The summed E-state index contributed by atoms with van der Waals surface area (Å²) in [6.45, 7) is 0.642. The first kappa shape index (κ1) is 21.1. The highest BCUT2D eigenvalue weighted by Gasteiger charge is 2.34. The van der Waals surface area contributed by atoms with Gasteiger partial charge >= 0.3 is 0 Å². The molecule has 1 saturated heterocycles. The maximum atomic E-state index is 12.8. The minimum Gasteiger partial charge on any atom is -0.366 e. The molecule has 0 spiro atoms. The highest BCUT2D eigenvalue weighted by molar-refractivity contribution is 7.89. The fourth-order valence-corrected chi connectivity index (χ4v) is 5.06. The summed E-state index contributed by atoms with van der Waals surface area (Å²) in [4.78, 5) is 12.4. The molecule has 9 heteroatoms. The van der Waals surface area contributed by atoms with Crippen LogP contribution in [0, 0.1) is 0 Å². The number of sulfonamides is 1. The van der Waals surface area contributed by atoms with Crippen molar-refractivity contribution in [3.05, 3.63) is 64.1 Å². The number of carbonyl (C=O) groups is 1. The van der Waals surface area contributed by atoms with Crippen LogP contribution >= 0.6 is 23.2 Å². The van der Waals surface area contributed by atoms with Gasteiger partial charge in [0, 0.05) is 24.7 Å². The molecule has 0 bridgehead atoms. The average Bonchev–Trinajstić information content (AvgIpc) is 2.68. The first-order valence-corrected chi connectivity index (χ1v) is 11.0. The second-order valence-corrected chi connectivity index (χ2v) is 9.07. The second kappa shape index (κ2) is 9.24. The lowest BCUT2D eigenvalue weighted by molar-refractivity contribution is -0.136. The van der Waals surface area contributed by atoms with Gasteiger partial charge in [-0.25, -0.2) is 8.42 Å². The van der Waals surface area contributed by atoms with Crippen molar-refractivity contribution >= 4 is 39.1 Å². The van der Waals surface area contributed by atoms with Crippen molar-refractivity contribution in [3.8, 4) is 0 Å². The molecule has 28 heavy (non-hydrogen) atoms. The van der Waals surface area contributed by atoms with Gasteiger partial charge in [-0.15, -0.1) is 0 Å². The van der Waals surface area contributed by atoms with Crippen LogP contribution in [-0.2, 0) is 26.0 Å². The SMILES string of the molecule is O=C(NCCc1cccc(Cl)c1)C1CN(S(=O)(=O)c2ccccc2Cl)CCO1. The quantitative estimate of drug-likeness (QED) is 0.745. The third kappa shape index (κ3) is 5.04. The molecule has 0 saturated carbocycles. The number of amides is 1. The number of ether oxygens (including phenoxy) is 1. The summed E-state index contributed by atoms with van der Waals surface area (Å²) in [5.41, 5.74) is 1.00. The molecule has 1 aliphatic heterocycles. The van der Waals surface area contributed by atoms with Crippen molar-refractivity contribution < 1.29 is 17.9 Å². The van der Waals surface area contributed by atoms with Crippen molar-refractivity contribution in [2.75, 3.05) is 26.2 Å². The van der Waals surface area contributed by atoms with Gasteiger partial charge in [-0.2, -0.15) is 4.31 Å². The van der Waals surface area contributed by atoms with E-state index in [2.05, 4.69) is 5.32 Å². The van der Waals surface area contributed by atoms with E-state index in [9.17, 15) is 13.2 Å².